The fourth-order valence-electron chi connectivity index (χ4n) is 3.81. The zero-order valence-electron chi connectivity index (χ0n) is 16.5. The molecule has 1 fully saturated rings. The van der Waals surface area contributed by atoms with E-state index in [4.69, 9.17) is 14.0 Å². The van der Waals surface area contributed by atoms with Crippen LogP contribution in [-0.2, 0) is 6.54 Å². The summed E-state index contributed by atoms with van der Waals surface area (Å²) in [5, 5.41) is 4.17. The van der Waals surface area contributed by atoms with Crippen LogP contribution < -0.4 is 9.47 Å². The highest BCUT2D eigenvalue weighted by Crippen LogP contribution is 2.34. The van der Waals surface area contributed by atoms with Crippen LogP contribution in [0.4, 0.5) is 0 Å². The van der Waals surface area contributed by atoms with Crippen molar-refractivity contribution in [2.24, 2.45) is 0 Å². The van der Waals surface area contributed by atoms with Crippen molar-refractivity contribution in [1.82, 2.24) is 15.0 Å². The number of aryl methyl sites for hydroxylation is 1. The summed E-state index contributed by atoms with van der Waals surface area (Å²) < 4.78 is 16.3. The molecule has 6 heteroatoms. The van der Waals surface area contributed by atoms with Gasteiger partial charge in [-0.1, -0.05) is 29.4 Å². The smallest absolute Gasteiger partial charge is 0.241 e. The van der Waals surface area contributed by atoms with Gasteiger partial charge in [0.2, 0.25) is 11.7 Å². The van der Waals surface area contributed by atoms with Gasteiger partial charge in [0.1, 0.15) is 11.5 Å². The highest BCUT2D eigenvalue weighted by molar-refractivity contribution is 5.58. The van der Waals surface area contributed by atoms with Gasteiger partial charge in [0.15, 0.2) is 0 Å². The van der Waals surface area contributed by atoms with Crippen molar-refractivity contribution >= 4 is 0 Å². The average Bonchev–Trinajstić information content (AvgIpc) is 3.38. The number of likely N-dealkylation sites (tertiary alicyclic amines) is 1. The largest absolute Gasteiger partial charge is 0.497 e. The minimum absolute atomic E-state index is 0.338. The monoisotopic (exact) mass is 379 g/mol. The SMILES string of the molecule is COc1cccc([C@H]2CCCN2Cc2nc(-c3ccc(C)c(OC)c3)no2)c1. The van der Waals surface area contributed by atoms with Crippen molar-refractivity contribution in [3.63, 3.8) is 0 Å². The normalized spacial score (nSPS) is 17.0. The molecular formula is C22H25N3O3. The predicted molar refractivity (Wildman–Crippen MR) is 106 cm³/mol. The molecule has 0 bridgehead atoms. The molecule has 2 aromatic carbocycles. The van der Waals surface area contributed by atoms with Crippen LogP contribution in [0.15, 0.2) is 47.0 Å². The summed E-state index contributed by atoms with van der Waals surface area (Å²) in [5.74, 6) is 2.92. The summed E-state index contributed by atoms with van der Waals surface area (Å²) in [5.41, 5.74) is 3.23. The van der Waals surface area contributed by atoms with Gasteiger partial charge in [-0.3, -0.25) is 4.90 Å². The fourth-order valence-corrected chi connectivity index (χ4v) is 3.81. The van der Waals surface area contributed by atoms with Crippen LogP contribution in [0.5, 0.6) is 11.5 Å². The number of methoxy groups -OCH3 is 2. The van der Waals surface area contributed by atoms with Gasteiger partial charge in [0, 0.05) is 11.6 Å². The van der Waals surface area contributed by atoms with Crippen LogP contribution in [0, 0.1) is 6.92 Å². The van der Waals surface area contributed by atoms with Crippen molar-refractivity contribution in [3.8, 4) is 22.9 Å². The van der Waals surface area contributed by atoms with E-state index in [9.17, 15) is 0 Å². The zero-order valence-corrected chi connectivity index (χ0v) is 16.5. The van der Waals surface area contributed by atoms with Crippen LogP contribution in [-0.4, -0.2) is 35.8 Å². The molecule has 0 unspecified atom stereocenters. The van der Waals surface area contributed by atoms with Crippen molar-refractivity contribution < 1.29 is 14.0 Å². The molecule has 1 aliphatic heterocycles. The van der Waals surface area contributed by atoms with Crippen LogP contribution in [0.1, 0.15) is 35.9 Å². The minimum Gasteiger partial charge on any atom is -0.497 e. The Morgan fingerprint density at radius 1 is 1.14 bits per heavy atom. The van der Waals surface area contributed by atoms with E-state index in [0.29, 0.717) is 24.3 Å². The molecule has 3 aromatic rings. The fraction of sp³-hybridized carbons (Fsp3) is 0.364. The number of hydrogen-bond acceptors (Lipinski definition) is 6. The Balaban J connectivity index is 1.51. The molecule has 0 amide bonds. The summed E-state index contributed by atoms with van der Waals surface area (Å²) >= 11 is 0. The van der Waals surface area contributed by atoms with E-state index in [0.717, 1.165) is 42.0 Å². The summed E-state index contributed by atoms with van der Waals surface area (Å²) in [6.45, 7) is 3.66. The molecule has 0 aliphatic carbocycles. The quantitative estimate of drug-likeness (QED) is 0.633. The second-order valence-corrected chi connectivity index (χ2v) is 7.10. The standard InChI is InChI=1S/C22H25N3O3/c1-15-9-10-17(13-20(15)27-3)22-23-21(28-24-22)14-25-11-5-8-19(25)16-6-4-7-18(12-16)26-2/h4,6-7,9-10,12-13,19H,5,8,11,14H2,1-3H3/t19-/m1/s1. The first-order valence-corrected chi connectivity index (χ1v) is 9.53. The maximum absolute atomic E-state index is 5.55. The molecule has 0 saturated carbocycles. The van der Waals surface area contributed by atoms with Gasteiger partial charge in [-0.25, -0.2) is 0 Å². The van der Waals surface area contributed by atoms with Crippen LogP contribution in [0.3, 0.4) is 0 Å². The molecule has 4 rings (SSSR count). The lowest BCUT2D eigenvalue weighted by atomic mass is 10.0. The molecule has 1 aromatic heterocycles. The third-order valence-electron chi connectivity index (χ3n) is 5.31. The van der Waals surface area contributed by atoms with Gasteiger partial charge in [-0.2, -0.15) is 4.98 Å². The van der Waals surface area contributed by atoms with E-state index in [1.807, 2.05) is 37.3 Å². The summed E-state index contributed by atoms with van der Waals surface area (Å²) in [6.07, 6.45) is 2.27. The van der Waals surface area contributed by atoms with E-state index in [-0.39, 0.29) is 0 Å². The topological polar surface area (TPSA) is 60.6 Å². The van der Waals surface area contributed by atoms with E-state index in [2.05, 4.69) is 27.2 Å². The number of ether oxygens (including phenoxy) is 2. The average molecular weight is 379 g/mol. The molecular weight excluding hydrogens is 354 g/mol. The summed E-state index contributed by atoms with van der Waals surface area (Å²) in [7, 11) is 3.37. The molecule has 1 atom stereocenters. The van der Waals surface area contributed by atoms with E-state index < -0.39 is 0 Å². The van der Waals surface area contributed by atoms with Gasteiger partial charge in [-0.05, 0) is 55.6 Å². The van der Waals surface area contributed by atoms with Crippen molar-refractivity contribution in [2.45, 2.75) is 32.4 Å². The third kappa shape index (κ3) is 3.73. The van der Waals surface area contributed by atoms with E-state index in [1.165, 1.54) is 5.56 Å². The first-order valence-electron chi connectivity index (χ1n) is 9.53. The molecule has 2 heterocycles. The van der Waals surface area contributed by atoms with E-state index in [1.54, 1.807) is 14.2 Å². The van der Waals surface area contributed by atoms with Crippen LogP contribution in [0.25, 0.3) is 11.4 Å². The number of benzene rings is 2. The van der Waals surface area contributed by atoms with Gasteiger partial charge in [0.25, 0.3) is 0 Å². The molecule has 0 spiro atoms. The highest BCUT2D eigenvalue weighted by Gasteiger charge is 2.28. The number of rotatable bonds is 6. The lowest BCUT2D eigenvalue weighted by Gasteiger charge is -2.23. The van der Waals surface area contributed by atoms with Crippen LogP contribution >= 0.6 is 0 Å². The molecule has 28 heavy (non-hydrogen) atoms. The van der Waals surface area contributed by atoms with Crippen LogP contribution in [0.2, 0.25) is 0 Å². The Morgan fingerprint density at radius 2 is 2.04 bits per heavy atom. The zero-order chi connectivity index (χ0) is 19.5. The number of hydrogen-bond donors (Lipinski definition) is 0. The van der Waals surface area contributed by atoms with Gasteiger partial charge < -0.3 is 14.0 Å². The van der Waals surface area contributed by atoms with E-state index >= 15 is 0 Å². The second kappa shape index (κ2) is 8.02. The number of nitrogens with zero attached hydrogens (tertiary/aromatic N) is 3. The Labute approximate surface area is 165 Å². The maximum Gasteiger partial charge on any atom is 0.241 e. The molecule has 1 aliphatic rings. The molecule has 1 saturated heterocycles. The molecule has 0 radical (unpaired) electrons. The lowest BCUT2D eigenvalue weighted by Crippen LogP contribution is -2.23. The Bertz CT molecular complexity index is 954. The Hall–Kier alpha value is -2.86. The summed E-state index contributed by atoms with van der Waals surface area (Å²) in [4.78, 5) is 7.00. The molecule has 6 nitrogen and oxygen atoms in total. The van der Waals surface area contributed by atoms with Gasteiger partial charge in [0.05, 0.1) is 20.8 Å². The Morgan fingerprint density at radius 3 is 2.86 bits per heavy atom. The molecule has 0 N–H and O–H groups in total. The first-order chi connectivity index (χ1) is 13.7. The molecule has 146 valence electrons. The van der Waals surface area contributed by atoms with Crippen molar-refractivity contribution in [2.75, 3.05) is 20.8 Å². The second-order valence-electron chi connectivity index (χ2n) is 7.10. The predicted octanol–water partition coefficient (Wildman–Crippen LogP) is 4.40. The van der Waals surface area contributed by atoms with Crippen molar-refractivity contribution in [1.29, 1.82) is 0 Å². The number of aromatic nitrogens is 2. The van der Waals surface area contributed by atoms with Crippen molar-refractivity contribution in [3.05, 3.63) is 59.5 Å². The first kappa shape index (κ1) is 18.5. The maximum atomic E-state index is 5.55. The third-order valence-corrected chi connectivity index (χ3v) is 5.31. The Kier molecular flexibility index (Phi) is 5.30. The highest BCUT2D eigenvalue weighted by atomic mass is 16.5. The van der Waals surface area contributed by atoms with Gasteiger partial charge in [-0.15, -0.1) is 0 Å². The minimum atomic E-state index is 0.338. The van der Waals surface area contributed by atoms with Gasteiger partial charge >= 0.3 is 0 Å². The lowest BCUT2D eigenvalue weighted by molar-refractivity contribution is 0.212. The summed E-state index contributed by atoms with van der Waals surface area (Å²) in [6, 6.07) is 14.6.